The number of nitrogens with one attached hydrogen (secondary N) is 1. The molecule has 0 aromatic carbocycles. The first-order valence-corrected chi connectivity index (χ1v) is 9.35. The Morgan fingerprint density at radius 1 is 1.14 bits per heavy atom. The Morgan fingerprint density at radius 3 is 2.81 bits per heavy atom. The second-order valence-electron chi connectivity index (χ2n) is 7.66. The van der Waals surface area contributed by atoms with Crippen LogP contribution in [0.2, 0.25) is 0 Å². The first-order chi connectivity index (χ1) is 10.3. The zero-order valence-corrected chi connectivity index (χ0v) is 13.9. The standard InChI is InChI=1S/C18H34N2O/c1-2-19-13-18(10-6-12-21-15-18)14-20-11-5-8-16-7-3-4-9-17(16)20/h16-17,19H,2-15H2,1H3/t16-,17-,18?/m1/s1. The molecule has 1 N–H and O–H groups in total. The van der Waals surface area contributed by atoms with Gasteiger partial charge < -0.3 is 10.1 Å². The number of piperidine rings is 1. The van der Waals surface area contributed by atoms with E-state index >= 15 is 0 Å². The number of likely N-dealkylation sites (tertiary alicyclic amines) is 1. The lowest BCUT2D eigenvalue weighted by Crippen LogP contribution is -2.55. The maximum absolute atomic E-state index is 5.89. The lowest BCUT2D eigenvalue weighted by atomic mass is 9.75. The highest BCUT2D eigenvalue weighted by Gasteiger charge is 2.40. The fourth-order valence-electron chi connectivity index (χ4n) is 4.98. The highest BCUT2D eigenvalue weighted by molar-refractivity contribution is 4.93. The third-order valence-corrected chi connectivity index (χ3v) is 6.05. The number of hydrogen-bond donors (Lipinski definition) is 1. The Balaban J connectivity index is 1.65. The Labute approximate surface area is 130 Å². The Bertz CT molecular complexity index is 312. The Kier molecular flexibility index (Phi) is 5.58. The van der Waals surface area contributed by atoms with Crippen molar-refractivity contribution in [3.63, 3.8) is 0 Å². The predicted octanol–water partition coefficient (Wildman–Crippen LogP) is 3.05. The van der Waals surface area contributed by atoms with E-state index in [2.05, 4.69) is 17.1 Å². The summed E-state index contributed by atoms with van der Waals surface area (Å²) in [5, 5.41) is 3.61. The molecular formula is C18H34N2O. The molecule has 3 heteroatoms. The Morgan fingerprint density at radius 2 is 2.00 bits per heavy atom. The van der Waals surface area contributed by atoms with Gasteiger partial charge in [-0.1, -0.05) is 19.8 Å². The van der Waals surface area contributed by atoms with Crippen LogP contribution in [0.4, 0.5) is 0 Å². The molecule has 3 atom stereocenters. The van der Waals surface area contributed by atoms with Gasteiger partial charge in [-0.2, -0.15) is 0 Å². The minimum atomic E-state index is 0.369. The van der Waals surface area contributed by atoms with E-state index in [-0.39, 0.29) is 0 Å². The maximum Gasteiger partial charge on any atom is 0.0546 e. The number of hydrogen-bond acceptors (Lipinski definition) is 3. The normalized spacial score (nSPS) is 38.1. The van der Waals surface area contributed by atoms with E-state index in [0.717, 1.165) is 38.3 Å². The quantitative estimate of drug-likeness (QED) is 0.843. The minimum absolute atomic E-state index is 0.369. The molecule has 0 aromatic heterocycles. The van der Waals surface area contributed by atoms with Crippen LogP contribution in [0, 0.1) is 11.3 Å². The molecule has 2 saturated heterocycles. The fourth-order valence-corrected chi connectivity index (χ4v) is 4.98. The summed E-state index contributed by atoms with van der Waals surface area (Å²) < 4.78 is 5.89. The van der Waals surface area contributed by atoms with Gasteiger partial charge in [-0.05, 0) is 57.5 Å². The zero-order chi connectivity index (χ0) is 14.5. The van der Waals surface area contributed by atoms with Gasteiger partial charge in [0, 0.05) is 31.2 Å². The van der Waals surface area contributed by atoms with Crippen molar-refractivity contribution in [1.29, 1.82) is 0 Å². The van der Waals surface area contributed by atoms with Crippen LogP contribution >= 0.6 is 0 Å². The molecule has 1 saturated carbocycles. The molecule has 1 aliphatic carbocycles. The maximum atomic E-state index is 5.89. The van der Waals surface area contributed by atoms with Gasteiger partial charge in [-0.3, -0.25) is 4.90 Å². The molecule has 3 nitrogen and oxygen atoms in total. The third kappa shape index (κ3) is 3.80. The van der Waals surface area contributed by atoms with E-state index in [9.17, 15) is 0 Å². The van der Waals surface area contributed by atoms with E-state index < -0.39 is 0 Å². The molecule has 3 rings (SSSR count). The van der Waals surface area contributed by atoms with Crippen LogP contribution in [0.5, 0.6) is 0 Å². The highest BCUT2D eigenvalue weighted by Crippen LogP contribution is 2.38. The topological polar surface area (TPSA) is 24.5 Å². The van der Waals surface area contributed by atoms with Crippen molar-refractivity contribution in [2.45, 2.75) is 64.3 Å². The zero-order valence-electron chi connectivity index (χ0n) is 13.9. The van der Waals surface area contributed by atoms with Crippen molar-refractivity contribution in [2.75, 3.05) is 39.4 Å². The number of fused-ring (bicyclic) bond motifs is 1. The molecule has 2 heterocycles. The van der Waals surface area contributed by atoms with Gasteiger partial charge in [-0.15, -0.1) is 0 Å². The SMILES string of the molecule is CCNCC1(CN2CCC[C@H]3CCCC[C@H]32)CCCOC1. The molecule has 3 fully saturated rings. The van der Waals surface area contributed by atoms with Crippen LogP contribution in [-0.4, -0.2) is 50.3 Å². The van der Waals surface area contributed by atoms with Crippen molar-refractivity contribution in [2.24, 2.45) is 11.3 Å². The lowest BCUT2D eigenvalue weighted by molar-refractivity contribution is -0.0496. The van der Waals surface area contributed by atoms with Gasteiger partial charge in [0.25, 0.3) is 0 Å². The summed E-state index contributed by atoms with van der Waals surface area (Å²) in [5.74, 6) is 0.994. The molecule has 0 bridgehead atoms. The molecule has 122 valence electrons. The summed E-state index contributed by atoms with van der Waals surface area (Å²) in [4.78, 5) is 2.86. The number of rotatable bonds is 5. The van der Waals surface area contributed by atoms with Crippen LogP contribution in [-0.2, 0) is 4.74 Å². The van der Waals surface area contributed by atoms with Crippen molar-refractivity contribution < 1.29 is 4.74 Å². The average molecular weight is 294 g/mol. The molecular weight excluding hydrogens is 260 g/mol. The minimum Gasteiger partial charge on any atom is -0.381 e. The van der Waals surface area contributed by atoms with Crippen LogP contribution < -0.4 is 5.32 Å². The smallest absolute Gasteiger partial charge is 0.0546 e. The molecule has 0 spiro atoms. The fraction of sp³-hybridized carbons (Fsp3) is 1.00. The first-order valence-electron chi connectivity index (χ1n) is 9.35. The summed E-state index contributed by atoms with van der Waals surface area (Å²) in [7, 11) is 0. The number of nitrogens with zero attached hydrogens (tertiary/aromatic N) is 1. The second kappa shape index (κ2) is 7.43. The van der Waals surface area contributed by atoms with Gasteiger partial charge in [0.15, 0.2) is 0 Å². The van der Waals surface area contributed by atoms with Crippen LogP contribution in [0.15, 0.2) is 0 Å². The summed E-state index contributed by atoms with van der Waals surface area (Å²) in [6.07, 6.45) is 11.3. The second-order valence-corrected chi connectivity index (χ2v) is 7.66. The van der Waals surface area contributed by atoms with E-state index in [1.807, 2.05) is 0 Å². The van der Waals surface area contributed by atoms with Crippen molar-refractivity contribution in [3.05, 3.63) is 0 Å². The van der Waals surface area contributed by atoms with E-state index in [1.54, 1.807) is 0 Å². The average Bonchev–Trinajstić information content (AvgIpc) is 2.54. The van der Waals surface area contributed by atoms with Crippen molar-refractivity contribution >= 4 is 0 Å². The predicted molar refractivity (Wildman–Crippen MR) is 87.6 cm³/mol. The third-order valence-electron chi connectivity index (χ3n) is 6.05. The van der Waals surface area contributed by atoms with Gasteiger partial charge in [0.1, 0.15) is 0 Å². The van der Waals surface area contributed by atoms with E-state index in [0.29, 0.717) is 5.41 Å². The van der Waals surface area contributed by atoms with Crippen LogP contribution in [0.25, 0.3) is 0 Å². The summed E-state index contributed by atoms with van der Waals surface area (Å²) in [6.45, 7) is 8.96. The highest BCUT2D eigenvalue weighted by atomic mass is 16.5. The molecule has 0 radical (unpaired) electrons. The summed E-state index contributed by atoms with van der Waals surface area (Å²) in [5.41, 5.74) is 0.369. The molecule has 2 aliphatic heterocycles. The Hall–Kier alpha value is -0.120. The van der Waals surface area contributed by atoms with Crippen LogP contribution in [0.1, 0.15) is 58.3 Å². The van der Waals surface area contributed by atoms with Gasteiger partial charge in [-0.25, -0.2) is 0 Å². The molecule has 3 aliphatic rings. The van der Waals surface area contributed by atoms with Crippen LogP contribution in [0.3, 0.4) is 0 Å². The van der Waals surface area contributed by atoms with E-state index in [1.165, 1.54) is 64.5 Å². The molecule has 0 aromatic rings. The monoisotopic (exact) mass is 294 g/mol. The molecule has 1 unspecified atom stereocenters. The van der Waals surface area contributed by atoms with Gasteiger partial charge in [0.2, 0.25) is 0 Å². The van der Waals surface area contributed by atoms with Crippen molar-refractivity contribution in [3.8, 4) is 0 Å². The summed E-state index contributed by atoms with van der Waals surface area (Å²) in [6, 6.07) is 0.882. The van der Waals surface area contributed by atoms with Gasteiger partial charge in [0.05, 0.1) is 6.61 Å². The van der Waals surface area contributed by atoms with Crippen molar-refractivity contribution in [1.82, 2.24) is 10.2 Å². The van der Waals surface area contributed by atoms with Gasteiger partial charge >= 0.3 is 0 Å². The first kappa shape index (κ1) is 15.8. The summed E-state index contributed by atoms with van der Waals surface area (Å²) >= 11 is 0. The largest absolute Gasteiger partial charge is 0.381 e. The molecule has 0 amide bonds. The van der Waals surface area contributed by atoms with E-state index in [4.69, 9.17) is 4.74 Å². The number of ether oxygens (including phenoxy) is 1. The molecule has 21 heavy (non-hydrogen) atoms. The lowest BCUT2D eigenvalue weighted by Gasteiger charge is -2.49.